The molecule has 1 aliphatic heterocycles. The monoisotopic (exact) mass is 416 g/mol. The van der Waals surface area contributed by atoms with Crippen LogP contribution in [0.15, 0.2) is 53.4 Å². The highest BCUT2D eigenvalue weighted by molar-refractivity contribution is 8.01. The zero-order chi connectivity index (χ0) is 20.1. The van der Waals surface area contributed by atoms with Crippen LogP contribution in [0, 0.1) is 19.8 Å². The average molecular weight is 417 g/mol. The number of thioether (sulfide) groups is 2. The first-order valence-electron chi connectivity index (χ1n) is 9.71. The first-order valence-corrected chi connectivity index (χ1v) is 11.7. The van der Waals surface area contributed by atoms with E-state index in [0.29, 0.717) is 5.75 Å². The van der Waals surface area contributed by atoms with E-state index in [-0.39, 0.29) is 10.7 Å². The number of hydrogen-bond acceptors (Lipinski definition) is 5. The summed E-state index contributed by atoms with van der Waals surface area (Å²) in [6, 6.07) is 16.0. The maximum atomic E-state index is 12.9. The minimum atomic E-state index is -0.768. The predicted octanol–water partition coefficient (Wildman–Crippen LogP) is 5.26. The smallest absolute Gasteiger partial charge is 0.316 e. The Morgan fingerprint density at radius 3 is 2.29 bits per heavy atom. The Bertz CT molecular complexity index is 780. The van der Waals surface area contributed by atoms with Crippen LogP contribution in [-0.4, -0.2) is 33.4 Å². The number of hydrogen-bond donors (Lipinski definition) is 1. The number of ether oxygens (including phenoxy) is 1. The minimum absolute atomic E-state index is 0.365. The van der Waals surface area contributed by atoms with Crippen LogP contribution in [0.3, 0.4) is 0 Å². The molecule has 3 rings (SSSR count). The zero-order valence-electron chi connectivity index (χ0n) is 16.7. The Morgan fingerprint density at radius 2 is 1.68 bits per heavy atom. The molecule has 0 bridgehead atoms. The molecule has 0 aliphatic carbocycles. The molecule has 1 heterocycles. The van der Waals surface area contributed by atoms with E-state index in [2.05, 4.69) is 12.1 Å². The summed E-state index contributed by atoms with van der Waals surface area (Å²) in [5.74, 6) is 1.63. The highest BCUT2D eigenvalue weighted by Crippen LogP contribution is 2.47. The lowest BCUT2D eigenvalue weighted by Gasteiger charge is -2.42. The Kier molecular flexibility index (Phi) is 7.13. The SMILES string of the molecule is Cc1cccc(C)c1OC(=O)[C@@H](C)[C@@H](O)C1(Sc2ccccc2)CCSCC1. The Hall–Kier alpha value is -1.43. The molecule has 0 spiro atoms. The van der Waals surface area contributed by atoms with Crippen molar-refractivity contribution in [3.05, 3.63) is 59.7 Å². The summed E-state index contributed by atoms with van der Waals surface area (Å²) in [5, 5.41) is 11.3. The quantitative estimate of drug-likeness (QED) is 0.514. The fraction of sp³-hybridized carbons (Fsp3) is 0.435. The van der Waals surface area contributed by atoms with Gasteiger partial charge in [0.2, 0.25) is 0 Å². The van der Waals surface area contributed by atoms with Crippen molar-refractivity contribution in [1.29, 1.82) is 0 Å². The van der Waals surface area contributed by atoms with Gasteiger partial charge in [0.25, 0.3) is 0 Å². The molecule has 0 radical (unpaired) electrons. The average Bonchev–Trinajstić information content (AvgIpc) is 2.71. The fourth-order valence-electron chi connectivity index (χ4n) is 3.64. The lowest BCUT2D eigenvalue weighted by atomic mass is 9.86. The van der Waals surface area contributed by atoms with Gasteiger partial charge in [-0.2, -0.15) is 11.8 Å². The lowest BCUT2D eigenvalue weighted by molar-refractivity contribution is -0.143. The third-order valence-corrected chi connectivity index (χ3v) is 7.95. The highest BCUT2D eigenvalue weighted by atomic mass is 32.2. The lowest BCUT2D eigenvalue weighted by Crippen LogP contribution is -2.48. The number of benzene rings is 2. The van der Waals surface area contributed by atoms with Crippen molar-refractivity contribution in [3.8, 4) is 5.75 Å². The van der Waals surface area contributed by atoms with E-state index < -0.39 is 12.0 Å². The predicted molar refractivity (Wildman–Crippen MR) is 118 cm³/mol. The maximum Gasteiger partial charge on any atom is 0.316 e. The molecule has 2 aromatic carbocycles. The van der Waals surface area contributed by atoms with Gasteiger partial charge in [-0.1, -0.05) is 36.4 Å². The van der Waals surface area contributed by atoms with Crippen LogP contribution in [0.5, 0.6) is 5.75 Å². The zero-order valence-corrected chi connectivity index (χ0v) is 18.3. The molecule has 0 unspecified atom stereocenters. The second-order valence-electron chi connectivity index (χ2n) is 7.47. The topological polar surface area (TPSA) is 46.5 Å². The summed E-state index contributed by atoms with van der Waals surface area (Å²) in [4.78, 5) is 14.0. The summed E-state index contributed by atoms with van der Waals surface area (Å²) < 4.78 is 5.36. The first kappa shape index (κ1) is 21.3. The molecule has 1 saturated heterocycles. The van der Waals surface area contributed by atoms with Crippen molar-refractivity contribution in [2.75, 3.05) is 11.5 Å². The van der Waals surface area contributed by atoms with Crippen LogP contribution in [0.25, 0.3) is 0 Å². The third-order valence-electron chi connectivity index (χ3n) is 5.40. The Labute approximate surface area is 176 Å². The number of aliphatic hydroxyl groups excluding tert-OH is 1. The van der Waals surface area contributed by atoms with Crippen LogP contribution < -0.4 is 4.74 Å². The van der Waals surface area contributed by atoms with Crippen molar-refractivity contribution in [2.24, 2.45) is 5.92 Å². The largest absolute Gasteiger partial charge is 0.426 e. The van der Waals surface area contributed by atoms with Gasteiger partial charge in [0.05, 0.1) is 12.0 Å². The number of esters is 1. The molecular formula is C23H28O3S2. The number of aliphatic hydroxyl groups is 1. The van der Waals surface area contributed by atoms with E-state index >= 15 is 0 Å². The molecule has 150 valence electrons. The molecule has 5 heteroatoms. The van der Waals surface area contributed by atoms with Gasteiger partial charge in [-0.05, 0) is 68.4 Å². The summed E-state index contributed by atoms with van der Waals surface area (Å²) in [6.07, 6.45) is 0.981. The third kappa shape index (κ3) is 4.76. The van der Waals surface area contributed by atoms with Crippen LogP contribution in [0.2, 0.25) is 0 Å². The van der Waals surface area contributed by atoms with E-state index in [1.807, 2.05) is 62.0 Å². The van der Waals surface area contributed by atoms with Crippen LogP contribution in [0.1, 0.15) is 30.9 Å². The van der Waals surface area contributed by atoms with E-state index in [0.717, 1.165) is 40.4 Å². The number of para-hydroxylation sites is 1. The van der Waals surface area contributed by atoms with Crippen molar-refractivity contribution in [2.45, 2.75) is 49.4 Å². The van der Waals surface area contributed by atoms with Crippen molar-refractivity contribution >= 4 is 29.5 Å². The molecule has 1 aliphatic rings. The molecule has 1 fully saturated rings. The number of aryl methyl sites for hydroxylation is 2. The van der Waals surface area contributed by atoms with E-state index in [4.69, 9.17) is 4.74 Å². The van der Waals surface area contributed by atoms with E-state index in [1.165, 1.54) is 0 Å². The number of carbonyl (C=O) groups excluding carboxylic acids is 1. The van der Waals surface area contributed by atoms with Gasteiger partial charge in [-0.3, -0.25) is 4.79 Å². The summed E-state index contributed by atoms with van der Waals surface area (Å²) in [5.41, 5.74) is 1.86. The Morgan fingerprint density at radius 1 is 1.07 bits per heavy atom. The van der Waals surface area contributed by atoms with Crippen molar-refractivity contribution < 1.29 is 14.6 Å². The molecule has 28 heavy (non-hydrogen) atoms. The molecule has 2 aromatic rings. The number of carbonyl (C=O) groups is 1. The minimum Gasteiger partial charge on any atom is -0.426 e. The van der Waals surface area contributed by atoms with Crippen molar-refractivity contribution in [3.63, 3.8) is 0 Å². The molecule has 2 atom stereocenters. The molecular weight excluding hydrogens is 388 g/mol. The van der Waals surface area contributed by atoms with Crippen molar-refractivity contribution in [1.82, 2.24) is 0 Å². The Balaban J connectivity index is 1.79. The normalized spacial score (nSPS) is 18.3. The van der Waals surface area contributed by atoms with Gasteiger partial charge in [0.15, 0.2) is 0 Å². The van der Waals surface area contributed by atoms with Gasteiger partial charge in [0, 0.05) is 9.64 Å². The van der Waals surface area contributed by atoms with Gasteiger partial charge < -0.3 is 9.84 Å². The molecule has 0 aromatic heterocycles. The van der Waals surface area contributed by atoms with Gasteiger partial charge >= 0.3 is 5.97 Å². The second kappa shape index (κ2) is 9.38. The fourth-order valence-corrected chi connectivity index (χ4v) is 6.61. The molecule has 1 N–H and O–H groups in total. The highest BCUT2D eigenvalue weighted by Gasteiger charge is 2.45. The van der Waals surface area contributed by atoms with E-state index in [1.54, 1.807) is 18.7 Å². The maximum absolute atomic E-state index is 12.9. The summed E-state index contributed by atoms with van der Waals surface area (Å²) in [7, 11) is 0. The summed E-state index contributed by atoms with van der Waals surface area (Å²) >= 11 is 3.62. The van der Waals surface area contributed by atoms with Gasteiger partial charge in [-0.15, -0.1) is 11.8 Å². The molecule has 0 saturated carbocycles. The van der Waals surface area contributed by atoms with Crippen LogP contribution >= 0.6 is 23.5 Å². The van der Waals surface area contributed by atoms with Gasteiger partial charge in [0.1, 0.15) is 5.75 Å². The number of rotatable bonds is 6. The van der Waals surface area contributed by atoms with Crippen LogP contribution in [-0.2, 0) is 4.79 Å². The first-order chi connectivity index (χ1) is 13.4. The van der Waals surface area contributed by atoms with E-state index in [9.17, 15) is 9.90 Å². The summed E-state index contributed by atoms with van der Waals surface area (Å²) in [6.45, 7) is 5.65. The molecule has 0 amide bonds. The van der Waals surface area contributed by atoms with Crippen LogP contribution in [0.4, 0.5) is 0 Å². The standard InChI is InChI=1S/C23H28O3S2/c1-16-8-7-9-17(2)20(16)26-22(25)18(3)21(24)23(12-14-27-15-13-23)28-19-10-5-4-6-11-19/h4-11,18,21,24H,12-15H2,1-3H3/t18-,21+/m0/s1. The molecule has 3 nitrogen and oxygen atoms in total. The second-order valence-corrected chi connectivity index (χ2v) is 10.2. The van der Waals surface area contributed by atoms with Gasteiger partial charge in [-0.25, -0.2) is 0 Å².